The zero-order valence-electron chi connectivity index (χ0n) is 15.6. The lowest BCUT2D eigenvalue weighted by atomic mass is 9.93. The number of aryl methyl sites for hydroxylation is 1. The van der Waals surface area contributed by atoms with Gasteiger partial charge in [0.2, 0.25) is 0 Å². The van der Waals surface area contributed by atoms with Crippen molar-refractivity contribution in [1.29, 1.82) is 0 Å². The molecule has 1 unspecified atom stereocenters. The summed E-state index contributed by atoms with van der Waals surface area (Å²) in [6.07, 6.45) is 12.5. The van der Waals surface area contributed by atoms with Gasteiger partial charge in [0.1, 0.15) is 0 Å². The van der Waals surface area contributed by atoms with E-state index in [4.69, 9.17) is 10.2 Å². The monoisotopic (exact) mass is 363 g/mol. The lowest BCUT2D eigenvalue weighted by Gasteiger charge is -2.35. The average Bonchev–Trinajstić information content (AvgIpc) is 3.28. The van der Waals surface area contributed by atoms with Crippen molar-refractivity contribution in [2.45, 2.75) is 70.5 Å². The Bertz CT molecular complexity index is 631. The summed E-state index contributed by atoms with van der Waals surface area (Å²) in [5, 5.41) is 15.6. The van der Waals surface area contributed by atoms with Gasteiger partial charge >= 0.3 is 11.9 Å². The SMILES string of the molecule is CCn1cnc2c1CCC(N(C)C1CCCC1)C2.O=C(O)/C=C/C(=O)O. The molecule has 0 aromatic carbocycles. The Morgan fingerprint density at radius 3 is 2.35 bits per heavy atom. The third-order valence-electron chi connectivity index (χ3n) is 5.36. The van der Waals surface area contributed by atoms with E-state index in [1.54, 1.807) is 0 Å². The second-order valence-corrected chi connectivity index (χ2v) is 6.93. The van der Waals surface area contributed by atoms with E-state index >= 15 is 0 Å². The third-order valence-corrected chi connectivity index (χ3v) is 5.36. The third kappa shape index (κ3) is 5.42. The quantitative estimate of drug-likeness (QED) is 0.780. The molecule has 3 rings (SSSR count). The maximum absolute atomic E-state index is 9.55. The highest BCUT2D eigenvalue weighted by Crippen LogP contribution is 2.29. The van der Waals surface area contributed by atoms with Gasteiger partial charge in [-0.15, -0.1) is 0 Å². The van der Waals surface area contributed by atoms with E-state index in [9.17, 15) is 9.59 Å². The highest BCUT2D eigenvalue weighted by molar-refractivity contribution is 5.89. The Balaban J connectivity index is 0.000000260. The molecule has 7 heteroatoms. The topological polar surface area (TPSA) is 95.7 Å². The first-order valence-corrected chi connectivity index (χ1v) is 9.31. The summed E-state index contributed by atoms with van der Waals surface area (Å²) in [5.74, 6) is -2.51. The molecule has 7 nitrogen and oxygen atoms in total. The van der Waals surface area contributed by atoms with Crippen LogP contribution in [0.4, 0.5) is 0 Å². The van der Waals surface area contributed by atoms with Crippen molar-refractivity contribution in [3.05, 3.63) is 29.9 Å². The summed E-state index contributed by atoms with van der Waals surface area (Å²) in [6, 6.07) is 1.56. The fourth-order valence-electron chi connectivity index (χ4n) is 3.91. The number of rotatable bonds is 5. The summed E-state index contributed by atoms with van der Waals surface area (Å²) in [4.78, 5) is 26.4. The van der Waals surface area contributed by atoms with Crippen LogP contribution in [0.1, 0.15) is 50.4 Å². The molecule has 144 valence electrons. The fraction of sp³-hybridized carbons (Fsp3) is 0.632. The van der Waals surface area contributed by atoms with Gasteiger partial charge in [0.05, 0.1) is 12.0 Å². The molecule has 1 aromatic rings. The van der Waals surface area contributed by atoms with Crippen molar-refractivity contribution in [3.63, 3.8) is 0 Å². The molecule has 1 saturated carbocycles. The molecular formula is C19H29N3O4. The van der Waals surface area contributed by atoms with E-state index in [1.165, 1.54) is 49.9 Å². The number of fused-ring (bicyclic) bond motifs is 1. The van der Waals surface area contributed by atoms with Crippen LogP contribution in [0.3, 0.4) is 0 Å². The van der Waals surface area contributed by atoms with Crippen LogP contribution in [-0.4, -0.2) is 55.7 Å². The van der Waals surface area contributed by atoms with Gasteiger partial charge in [-0.05, 0) is 39.7 Å². The highest BCUT2D eigenvalue weighted by Gasteiger charge is 2.30. The van der Waals surface area contributed by atoms with E-state index < -0.39 is 11.9 Å². The summed E-state index contributed by atoms with van der Waals surface area (Å²) >= 11 is 0. The summed E-state index contributed by atoms with van der Waals surface area (Å²) in [5.41, 5.74) is 2.85. The van der Waals surface area contributed by atoms with E-state index in [-0.39, 0.29) is 0 Å². The van der Waals surface area contributed by atoms with Crippen LogP contribution in [0, 0.1) is 0 Å². The Morgan fingerprint density at radius 2 is 1.81 bits per heavy atom. The smallest absolute Gasteiger partial charge is 0.328 e. The van der Waals surface area contributed by atoms with Crippen molar-refractivity contribution >= 4 is 11.9 Å². The molecule has 2 N–H and O–H groups in total. The normalized spacial score (nSPS) is 20.0. The zero-order chi connectivity index (χ0) is 19.1. The van der Waals surface area contributed by atoms with Crippen molar-refractivity contribution in [3.8, 4) is 0 Å². The molecule has 2 aliphatic rings. The minimum absolute atomic E-state index is 0.558. The number of aromatic nitrogens is 2. The Morgan fingerprint density at radius 1 is 1.19 bits per heavy atom. The van der Waals surface area contributed by atoms with Gasteiger partial charge in [0.15, 0.2) is 0 Å². The molecule has 1 heterocycles. The van der Waals surface area contributed by atoms with Crippen LogP contribution in [0.15, 0.2) is 18.5 Å². The van der Waals surface area contributed by atoms with E-state index in [2.05, 4.69) is 28.4 Å². The summed E-state index contributed by atoms with van der Waals surface area (Å²) in [6.45, 7) is 3.27. The first-order chi connectivity index (χ1) is 12.4. The second-order valence-electron chi connectivity index (χ2n) is 6.93. The van der Waals surface area contributed by atoms with Crippen LogP contribution >= 0.6 is 0 Å². The number of hydrogen-bond acceptors (Lipinski definition) is 4. The van der Waals surface area contributed by atoms with E-state index in [1.807, 2.05) is 6.33 Å². The Hall–Kier alpha value is -2.15. The number of hydrogen-bond donors (Lipinski definition) is 2. The molecular weight excluding hydrogens is 334 g/mol. The largest absolute Gasteiger partial charge is 0.478 e. The maximum Gasteiger partial charge on any atom is 0.328 e. The fourth-order valence-corrected chi connectivity index (χ4v) is 3.91. The number of carboxylic acids is 2. The molecule has 0 radical (unpaired) electrons. The predicted molar refractivity (Wildman–Crippen MR) is 98.1 cm³/mol. The summed E-state index contributed by atoms with van der Waals surface area (Å²) in [7, 11) is 2.34. The molecule has 1 fully saturated rings. The number of likely N-dealkylation sites (N-methyl/N-ethyl adjacent to an activating group) is 1. The minimum atomic E-state index is -1.26. The number of carbonyl (C=O) groups is 2. The molecule has 0 spiro atoms. The Kier molecular flexibility index (Phi) is 7.38. The lowest BCUT2D eigenvalue weighted by Crippen LogP contribution is -2.42. The molecule has 0 amide bonds. The summed E-state index contributed by atoms with van der Waals surface area (Å²) < 4.78 is 2.32. The van der Waals surface area contributed by atoms with Crippen molar-refractivity contribution in [2.75, 3.05) is 7.05 Å². The van der Waals surface area contributed by atoms with Crippen LogP contribution in [0.2, 0.25) is 0 Å². The van der Waals surface area contributed by atoms with Crippen LogP contribution in [-0.2, 0) is 29.0 Å². The molecule has 1 atom stereocenters. The van der Waals surface area contributed by atoms with Gasteiger partial charge in [-0.2, -0.15) is 0 Å². The minimum Gasteiger partial charge on any atom is -0.478 e. The second kappa shape index (κ2) is 9.52. The van der Waals surface area contributed by atoms with Gasteiger partial charge < -0.3 is 19.7 Å². The first kappa shape index (κ1) is 20.2. The van der Waals surface area contributed by atoms with Gasteiger partial charge in [-0.3, -0.25) is 0 Å². The van der Waals surface area contributed by atoms with Crippen LogP contribution < -0.4 is 0 Å². The Labute approximate surface area is 154 Å². The highest BCUT2D eigenvalue weighted by atomic mass is 16.4. The molecule has 2 aliphatic carbocycles. The molecule has 0 saturated heterocycles. The number of carboxylic acid groups (broad SMARTS) is 2. The molecule has 0 aliphatic heterocycles. The van der Waals surface area contributed by atoms with Crippen molar-refractivity contribution < 1.29 is 19.8 Å². The van der Waals surface area contributed by atoms with Crippen LogP contribution in [0.25, 0.3) is 0 Å². The average molecular weight is 363 g/mol. The van der Waals surface area contributed by atoms with Gasteiger partial charge in [0, 0.05) is 42.9 Å². The number of aliphatic carboxylic acids is 2. The van der Waals surface area contributed by atoms with Crippen molar-refractivity contribution in [1.82, 2.24) is 14.5 Å². The van der Waals surface area contributed by atoms with Crippen LogP contribution in [0.5, 0.6) is 0 Å². The predicted octanol–water partition coefficient (Wildman–Crippen LogP) is 2.35. The van der Waals surface area contributed by atoms with E-state index in [0.29, 0.717) is 12.2 Å². The van der Waals surface area contributed by atoms with Crippen molar-refractivity contribution in [2.24, 2.45) is 0 Å². The van der Waals surface area contributed by atoms with Gasteiger partial charge in [0.25, 0.3) is 0 Å². The molecule has 0 bridgehead atoms. The lowest BCUT2D eigenvalue weighted by molar-refractivity contribution is -0.134. The number of nitrogens with zero attached hydrogens (tertiary/aromatic N) is 3. The zero-order valence-corrected chi connectivity index (χ0v) is 15.6. The van der Waals surface area contributed by atoms with E-state index in [0.717, 1.165) is 25.0 Å². The van der Waals surface area contributed by atoms with Gasteiger partial charge in [-0.25, -0.2) is 14.6 Å². The maximum atomic E-state index is 9.55. The molecule has 1 aromatic heterocycles. The first-order valence-electron chi connectivity index (χ1n) is 9.31. The van der Waals surface area contributed by atoms with Gasteiger partial charge in [-0.1, -0.05) is 12.8 Å². The number of imidazole rings is 1. The molecule has 26 heavy (non-hydrogen) atoms. The standard InChI is InChI=1S/C15H25N3.C4H4O4/c1-3-18-11-16-14-10-13(8-9-15(14)18)17(2)12-6-4-5-7-12;5-3(6)1-2-4(7)8/h11-13H,3-10H2,1-2H3;1-2H,(H,5,6)(H,7,8)/b;2-1+.